The van der Waals surface area contributed by atoms with Gasteiger partial charge in [0.05, 0.1) is 11.7 Å². The first-order valence-corrected chi connectivity index (χ1v) is 6.74. The van der Waals surface area contributed by atoms with Crippen LogP contribution in [-0.2, 0) is 11.2 Å². The van der Waals surface area contributed by atoms with E-state index in [0.29, 0.717) is 12.2 Å². The van der Waals surface area contributed by atoms with Gasteiger partial charge in [-0.25, -0.2) is 4.98 Å². The van der Waals surface area contributed by atoms with E-state index in [2.05, 4.69) is 4.98 Å². The number of ketones is 1. The van der Waals surface area contributed by atoms with Crippen LogP contribution in [0.1, 0.15) is 23.5 Å². The molecule has 1 fully saturated rings. The van der Waals surface area contributed by atoms with Gasteiger partial charge in [-0.15, -0.1) is 11.3 Å². The Morgan fingerprint density at radius 1 is 1.71 bits per heavy atom. The summed E-state index contributed by atoms with van der Waals surface area (Å²) in [4.78, 5) is 16.1. The van der Waals surface area contributed by atoms with Crippen molar-refractivity contribution in [3.8, 4) is 0 Å². The molecule has 0 amide bonds. The first kappa shape index (κ1) is 10.2. The molecule has 1 atom stereocenters. The van der Waals surface area contributed by atoms with Crippen LogP contribution in [0, 0.1) is 6.92 Å². The molecule has 76 valence electrons. The highest BCUT2D eigenvalue weighted by Gasteiger charge is 2.23. The standard InChI is InChI=1S/C10H13NOS2/c1-7-6-14-10(11-7)5-8(12)9-3-2-4-13-9/h6,9H,2-5H2,1H3. The Balaban J connectivity index is 1.93. The summed E-state index contributed by atoms with van der Waals surface area (Å²) >= 11 is 3.40. The Morgan fingerprint density at radius 2 is 2.57 bits per heavy atom. The minimum atomic E-state index is 0.249. The predicted octanol–water partition coefficient (Wildman–Crippen LogP) is 2.46. The maximum absolute atomic E-state index is 11.8. The van der Waals surface area contributed by atoms with Crippen molar-refractivity contribution in [2.45, 2.75) is 31.4 Å². The van der Waals surface area contributed by atoms with Crippen LogP contribution in [0.25, 0.3) is 0 Å². The molecule has 0 radical (unpaired) electrons. The summed E-state index contributed by atoms with van der Waals surface area (Å²) in [5.74, 6) is 1.51. The Bertz CT molecular complexity index is 329. The van der Waals surface area contributed by atoms with Gasteiger partial charge in [0.15, 0.2) is 5.78 Å². The lowest BCUT2D eigenvalue weighted by Crippen LogP contribution is -2.16. The number of hydrogen-bond acceptors (Lipinski definition) is 4. The molecular weight excluding hydrogens is 214 g/mol. The maximum atomic E-state index is 11.8. The predicted molar refractivity (Wildman–Crippen MR) is 61.0 cm³/mol. The van der Waals surface area contributed by atoms with E-state index in [-0.39, 0.29) is 5.25 Å². The van der Waals surface area contributed by atoms with E-state index >= 15 is 0 Å². The molecule has 0 bridgehead atoms. The van der Waals surface area contributed by atoms with Gasteiger partial charge in [0.2, 0.25) is 0 Å². The summed E-state index contributed by atoms with van der Waals surface area (Å²) in [6, 6.07) is 0. The average Bonchev–Trinajstić information content (AvgIpc) is 2.75. The summed E-state index contributed by atoms with van der Waals surface area (Å²) < 4.78 is 0. The fraction of sp³-hybridized carbons (Fsp3) is 0.600. The molecule has 0 spiro atoms. The number of Topliss-reactive ketones (excluding diaryl/α,β-unsaturated/α-hetero) is 1. The summed E-state index contributed by atoms with van der Waals surface area (Å²) in [5.41, 5.74) is 1.02. The molecule has 1 aromatic heterocycles. The number of thioether (sulfide) groups is 1. The molecule has 2 nitrogen and oxygen atoms in total. The van der Waals surface area contributed by atoms with E-state index in [9.17, 15) is 4.79 Å². The fourth-order valence-electron chi connectivity index (χ4n) is 1.58. The molecule has 1 aliphatic rings. The second-order valence-corrected chi connectivity index (χ2v) is 5.78. The minimum absolute atomic E-state index is 0.249. The summed E-state index contributed by atoms with van der Waals surface area (Å²) in [7, 11) is 0. The lowest BCUT2D eigenvalue weighted by Gasteiger charge is -2.04. The van der Waals surface area contributed by atoms with E-state index in [4.69, 9.17) is 0 Å². The number of hydrogen-bond donors (Lipinski definition) is 0. The maximum Gasteiger partial charge on any atom is 0.152 e. The quantitative estimate of drug-likeness (QED) is 0.794. The molecule has 0 aromatic carbocycles. The largest absolute Gasteiger partial charge is 0.298 e. The molecule has 2 rings (SSSR count). The van der Waals surface area contributed by atoms with E-state index in [1.54, 1.807) is 23.1 Å². The van der Waals surface area contributed by atoms with Crippen LogP contribution in [0.15, 0.2) is 5.38 Å². The van der Waals surface area contributed by atoms with Gasteiger partial charge in [0.1, 0.15) is 5.01 Å². The third kappa shape index (κ3) is 2.36. The van der Waals surface area contributed by atoms with Crippen molar-refractivity contribution in [2.75, 3.05) is 5.75 Å². The molecule has 2 heterocycles. The SMILES string of the molecule is Cc1csc(CC(=O)C2CCCS2)n1. The van der Waals surface area contributed by atoms with E-state index in [1.165, 1.54) is 6.42 Å². The first-order chi connectivity index (χ1) is 6.75. The molecule has 0 saturated carbocycles. The van der Waals surface area contributed by atoms with Crippen molar-refractivity contribution >= 4 is 28.9 Å². The number of thiazole rings is 1. The Labute approximate surface area is 92.1 Å². The molecule has 14 heavy (non-hydrogen) atoms. The number of aryl methyl sites for hydroxylation is 1. The van der Waals surface area contributed by atoms with Crippen molar-refractivity contribution in [1.82, 2.24) is 4.98 Å². The third-order valence-corrected chi connectivity index (χ3v) is 4.67. The van der Waals surface area contributed by atoms with Crippen LogP contribution >= 0.6 is 23.1 Å². The molecule has 4 heteroatoms. The van der Waals surface area contributed by atoms with Crippen LogP contribution in [0.2, 0.25) is 0 Å². The monoisotopic (exact) mass is 227 g/mol. The van der Waals surface area contributed by atoms with Crippen molar-refractivity contribution in [1.29, 1.82) is 0 Å². The van der Waals surface area contributed by atoms with Gasteiger partial charge in [-0.3, -0.25) is 4.79 Å². The van der Waals surface area contributed by atoms with Gasteiger partial charge >= 0.3 is 0 Å². The summed E-state index contributed by atoms with van der Waals surface area (Å²) in [5, 5.41) is 3.23. The average molecular weight is 227 g/mol. The zero-order valence-corrected chi connectivity index (χ0v) is 9.79. The number of carbonyl (C=O) groups is 1. The normalized spacial score (nSPS) is 21.4. The number of aromatic nitrogens is 1. The van der Waals surface area contributed by atoms with Crippen molar-refractivity contribution in [3.05, 3.63) is 16.1 Å². The van der Waals surface area contributed by atoms with Crippen molar-refractivity contribution in [2.24, 2.45) is 0 Å². The Hall–Kier alpha value is -0.350. The number of nitrogens with zero attached hydrogens (tertiary/aromatic N) is 1. The minimum Gasteiger partial charge on any atom is -0.298 e. The zero-order valence-electron chi connectivity index (χ0n) is 8.16. The Morgan fingerprint density at radius 3 is 3.14 bits per heavy atom. The van der Waals surface area contributed by atoms with Crippen LogP contribution in [-0.4, -0.2) is 21.8 Å². The third-order valence-electron chi connectivity index (χ3n) is 2.28. The van der Waals surface area contributed by atoms with Gasteiger partial charge in [0.25, 0.3) is 0 Å². The van der Waals surface area contributed by atoms with Crippen LogP contribution in [0.5, 0.6) is 0 Å². The highest BCUT2D eigenvalue weighted by molar-refractivity contribution is 8.00. The first-order valence-electron chi connectivity index (χ1n) is 4.81. The fourth-order valence-corrected chi connectivity index (χ4v) is 3.58. The second kappa shape index (κ2) is 4.45. The van der Waals surface area contributed by atoms with Gasteiger partial charge < -0.3 is 0 Å². The lowest BCUT2D eigenvalue weighted by molar-refractivity contribution is -0.117. The van der Waals surface area contributed by atoms with E-state index in [0.717, 1.165) is 22.9 Å². The number of carbonyl (C=O) groups excluding carboxylic acids is 1. The van der Waals surface area contributed by atoms with Crippen molar-refractivity contribution < 1.29 is 4.79 Å². The molecule has 1 saturated heterocycles. The van der Waals surface area contributed by atoms with E-state index in [1.807, 2.05) is 12.3 Å². The number of rotatable bonds is 3. The van der Waals surface area contributed by atoms with Crippen molar-refractivity contribution in [3.63, 3.8) is 0 Å². The molecule has 1 aromatic rings. The molecule has 1 aliphatic heterocycles. The van der Waals surface area contributed by atoms with Crippen LogP contribution in [0.4, 0.5) is 0 Å². The molecule has 0 aliphatic carbocycles. The van der Waals surface area contributed by atoms with E-state index < -0.39 is 0 Å². The molecular formula is C10H13NOS2. The summed E-state index contributed by atoms with van der Waals surface area (Å²) in [6.45, 7) is 1.97. The molecule has 0 N–H and O–H groups in total. The zero-order chi connectivity index (χ0) is 9.97. The van der Waals surface area contributed by atoms with Gasteiger partial charge in [0, 0.05) is 11.1 Å². The summed E-state index contributed by atoms with van der Waals surface area (Å²) in [6.07, 6.45) is 2.79. The van der Waals surface area contributed by atoms with Crippen LogP contribution < -0.4 is 0 Å². The molecule has 1 unspecified atom stereocenters. The van der Waals surface area contributed by atoms with Gasteiger partial charge in [-0.05, 0) is 25.5 Å². The van der Waals surface area contributed by atoms with Gasteiger partial charge in [-0.2, -0.15) is 11.8 Å². The Kier molecular flexibility index (Phi) is 3.23. The lowest BCUT2D eigenvalue weighted by atomic mass is 10.1. The highest BCUT2D eigenvalue weighted by Crippen LogP contribution is 2.28. The smallest absolute Gasteiger partial charge is 0.152 e. The topological polar surface area (TPSA) is 30.0 Å². The highest BCUT2D eigenvalue weighted by atomic mass is 32.2. The van der Waals surface area contributed by atoms with Crippen LogP contribution in [0.3, 0.4) is 0 Å². The van der Waals surface area contributed by atoms with Gasteiger partial charge in [-0.1, -0.05) is 0 Å². The second-order valence-electron chi connectivity index (χ2n) is 3.53.